The van der Waals surface area contributed by atoms with Gasteiger partial charge in [0, 0.05) is 18.8 Å². The van der Waals surface area contributed by atoms with Gasteiger partial charge in [-0.2, -0.15) is 5.26 Å². The van der Waals surface area contributed by atoms with Crippen molar-refractivity contribution in [2.45, 2.75) is 12.5 Å². The molecule has 0 saturated carbocycles. The van der Waals surface area contributed by atoms with Gasteiger partial charge in [0.05, 0.1) is 17.2 Å². The number of urea groups is 1. The van der Waals surface area contributed by atoms with Crippen LogP contribution in [0.25, 0.3) is 0 Å². The molecule has 0 heterocycles. The van der Waals surface area contributed by atoms with Crippen LogP contribution in [0.4, 0.5) is 10.5 Å². The Balaban J connectivity index is 2.50. The van der Waals surface area contributed by atoms with Crippen LogP contribution >= 0.6 is 0 Å². The number of carbonyl (C=O) groups is 1. The molecular formula is C14H20N4O2. The fourth-order valence-electron chi connectivity index (χ4n) is 1.85. The van der Waals surface area contributed by atoms with Crippen LogP contribution < -0.4 is 10.6 Å². The van der Waals surface area contributed by atoms with Crippen molar-refractivity contribution in [3.63, 3.8) is 0 Å². The van der Waals surface area contributed by atoms with E-state index < -0.39 is 11.6 Å². The predicted molar refractivity (Wildman–Crippen MR) is 77.4 cm³/mol. The number of hydrogen-bond acceptors (Lipinski definition) is 4. The molecule has 1 atom stereocenters. The topological polar surface area (TPSA) is 88.4 Å². The number of carbonyl (C=O) groups excluding carboxylic acids is 1. The van der Waals surface area contributed by atoms with Crippen molar-refractivity contribution >= 4 is 11.7 Å². The van der Waals surface area contributed by atoms with Crippen molar-refractivity contribution < 1.29 is 9.90 Å². The van der Waals surface area contributed by atoms with E-state index in [2.05, 4.69) is 10.6 Å². The minimum absolute atomic E-state index is 0.134. The maximum atomic E-state index is 11.7. The summed E-state index contributed by atoms with van der Waals surface area (Å²) in [5.41, 5.74) is 0.00576. The van der Waals surface area contributed by atoms with Crippen molar-refractivity contribution in [1.82, 2.24) is 10.2 Å². The second kappa shape index (κ2) is 6.89. The minimum atomic E-state index is -1.00. The zero-order valence-corrected chi connectivity index (χ0v) is 12.0. The first-order valence-corrected chi connectivity index (χ1v) is 6.24. The summed E-state index contributed by atoms with van der Waals surface area (Å²) in [4.78, 5) is 13.6. The smallest absolute Gasteiger partial charge is 0.319 e. The standard InChI is InChI=1S/C14H20N4O2/c1-14(20,10-18(2)3)9-16-13(19)17-12-6-4-5-11(7-12)8-15/h4-7,20H,9-10H2,1-3H3,(H2,16,17,19). The highest BCUT2D eigenvalue weighted by molar-refractivity contribution is 5.89. The van der Waals surface area contributed by atoms with E-state index in [4.69, 9.17) is 5.26 Å². The Hall–Kier alpha value is -2.10. The maximum absolute atomic E-state index is 11.7. The van der Waals surface area contributed by atoms with Crippen LogP contribution in [0.3, 0.4) is 0 Å². The molecule has 20 heavy (non-hydrogen) atoms. The summed E-state index contributed by atoms with van der Waals surface area (Å²) in [5.74, 6) is 0. The monoisotopic (exact) mass is 276 g/mol. The first-order valence-electron chi connectivity index (χ1n) is 6.24. The van der Waals surface area contributed by atoms with Gasteiger partial charge in [0.1, 0.15) is 0 Å². The summed E-state index contributed by atoms with van der Waals surface area (Å²) in [5, 5.41) is 24.1. The number of aliphatic hydroxyl groups is 1. The normalized spacial score (nSPS) is 13.4. The lowest BCUT2D eigenvalue weighted by Gasteiger charge is -2.27. The highest BCUT2D eigenvalue weighted by Gasteiger charge is 2.21. The second-order valence-electron chi connectivity index (χ2n) is 5.24. The van der Waals surface area contributed by atoms with E-state index in [0.29, 0.717) is 17.8 Å². The van der Waals surface area contributed by atoms with Gasteiger partial charge in [-0.1, -0.05) is 6.07 Å². The van der Waals surface area contributed by atoms with E-state index in [1.165, 1.54) is 0 Å². The number of anilines is 1. The molecule has 0 aliphatic carbocycles. The number of likely N-dealkylation sites (N-methyl/N-ethyl adjacent to an activating group) is 1. The van der Waals surface area contributed by atoms with E-state index in [9.17, 15) is 9.90 Å². The molecule has 6 heteroatoms. The Labute approximate surface area is 119 Å². The number of rotatable bonds is 5. The number of nitrogens with one attached hydrogen (secondary N) is 2. The van der Waals surface area contributed by atoms with Crippen LogP contribution in [0.1, 0.15) is 12.5 Å². The summed E-state index contributed by atoms with van der Waals surface area (Å²) in [7, 11) is 3.70. The minimum Gasteiger partial charge on any atom is -0.387 e. The molecule has 1 aromatic rings. The van der Waals surface area contributed by atoms with Gasteiger partial charge in [0.15, 0.2) is 0 Å². The molecule has 1 aromatic carbocycles. The Morgan fingerprint density at radius 2 is 2.20 bits per heavy atom. The van der Waals surface area contributed by atoms with Gasteiger partial charge in [0.25, 0.3) is 0 Å². The molecule has 6 nitrogen and oxygen atoms in total. The van der Waals surface area contributed by atoms with Crippen LogP contribution in [0.5, 0.6) is 0 Å². The van der Waals surface area contributed by atoms with Gasteiger partial charge in [-0.3, -0.25) is 0 Å². The van der Waals surface area contributed by atoms with Crippen LogP contribution in [0.2, 0.25) is 0 Å². The SMILES string of the molecule is CN(C)CC(C)(O)CNC(=O)Nc1cccc(C#N)c1. The molecule has 0 radical (unpaired) electrons. The lowest BCUT2D eigenvalue weighted by Crippen LogP contribution is -2.48. The van der Waals surface area contributed by atoms with Gasteiger partial charge >= 0.3 is 6.03 Å². The lowest BCUT2D eigenvalue weighted by atomic mass is 10.1. The Kier molecular flexibility index (Phi) is 5.50. The number of nitrogens with zero attached hydrogens (tertiary/aromatic N) is 2. The van der Waals surface area contributed by atoms with Crippen molar-refractivity contribution in [2.75, 3.05) is 32.5 Å². The molecule has 0 fully saturated rings. The molecule has 0 saturated heterocycles. The fourth-order valence-corrected chi connectivity index (χ4v) is 1.85. The third-order valence-electron chi connectivity index (χ3n) is 2.54. The highest BCUT2D eigenvalue weighted by atomic mass is 16.3. The average molecular weight is 276 g/mol. The molecular weight excluding hydrogens is 256 g/mol. The summed E-state index contributed by atoms with van der Waals surface area (Å²) in [6, 6.07) is 8.21. The van der Waals surface area contributed by atoms with Gasteiger partial charge in [-0.25, -0.2) is 4.79 Å². The first kappa shape index (κ1) is 16.0. The van der Waals surface area contributed by atoms with Crippen molar-refractivity contribution in [2.24, 2.45) is 0 Å². The summed E-state index contributed by atoms with van der Waals surface area (Å²) < 4.78 is 0. The van der Waals surface area contributed by atoms with Crippen molar-refractivity contribution in [3.05, 3.63) is 29.8 Å². The fraction of sp³-hybridized carbons (Fsp3) is 0.429. The summed E-state index contributed by atoms with van der Waals surface area (Å²) >= 11 is 0. The van der Waals surface area contributed by atoms with Gasteiger partial charge < -0.3 is 20.6 Å². The summed E-state index contributed by atoms with van der Waals surface area (Å²) in [6.45, 7) is 2.23. The Morgan fingerprint density at radius 3 is 2.80 bits per heavy atom. The van der Waals surface area contributed by atoms with Gasteiger partial charge in [-0.05, 0) is 39.2 Å². The molecule has 0 aromatic heterocycles. The summed E-state index contributed by atoms with van der Waals surface area (Å²) in [6.07, 6.45) is 0. The van der Waals surface area contributed by atoms with E-state index in [1.54, 1.807) is 31.2 Å². The third kappa shape index (κ3) is 5.69. The van der Waals surface area contributed by atoms with Crippen LogP contribution in [0.15, 0.2) is 24.3 Å². The highest BCUT2D eigenvalue weighted by Crippen LogP contribution is 2.09. The number of hydrogen-bond donors (Lipinski definition) is 3. The van der Waals surface area contributed by atoms with Crippen molar-refractivity contribution in [3.8, 4) is 6.07 Å². The van der Waals surface area contributed by atoms with Gasteiger partial charge in [0.2, 0.25) is 0 Å². The molecule has 108 valence electrons. The molecule has 1 rings (SSSR count). The number of benzene rings is 1. The molecule has 0 bridgehead atoms. The molecule has 0 spiro atoms. The lowest BCUT2D eigenvalue weighted by molar-refractivity contribution is 0.0364. The largest absolute Gasteiger partial charge is 0.387 e. The molecule has 3 N–H and O–H groups in total. The Morgan fingerprint density at radius 1 is 1.50 bits per heavy atom. The van der Waals surface area contributed by atoms with E-state index >= 15 is 0 Å². The quantitative estimate of drug-likeness (QED) is 0.748. The third-order valence-corrected chi connectivity index (χ3v) is 2.54. The predicted octanol–water partition coefficient (Wildman–Crippen LogP) is 0.992. The maximum Gasteiger partial charge on any atom is 0.319 e. The van der Waals surface area contributed by atoms with Crippen LogP contribution in [-0.4, -0.2) is 48.8 Å². The average Bonchev–Trinajstić information content (AvgIpc) is 2.35. The molecule has 0 aliphatic heterocycles. The zero-order valence-electron chi connectivity index (χ0n) is 12.0. The molecule has 1 unspecified atom stereocenters. The van der Waals surface area contributed by atoms with E-state index in [0.717, 1.165) is 0 Å². The first-order chi connectivity index (χ1) is 9.32. The van der Waals surface area contributed by atoms with Gasteiger partial charge in [-0.15, -0.1) is 0 Å². The second-order valence-corrected chi connectivity index (χ2v) is 5.24. The van der Waals surface area contributed by atoms with E-state index in [1.807, 2.05) is 25.1 Å². The number of amides is 2. The van der Waals surface area contributed by atoms with E-state index in [-0.39, 0.29) is 6.54 Å². The van der Waals surface area contributed by atoms with Crippen LogP contribution in [0, 0.1) is 11.3 Å². The van der Waals surface area contributed by atoms with Crippen molar-refractivity contribution in [1.29, 1.82) is 5.26 Å². The van der Waals surface area contributed by atoms with Crippen LogP contribution in [-0.2, 0) is 0 Å². The molecule has 0 aliphatic rings. The Bertz CT molecular complexity index is 506. The number of nitriles is 1. The zero-order chi connectivity index (χ0) is 15.2. The molecule has 2 amide bonds.